The fourth-order valence-corrected chi connectivity index (χ4v) is 3.48. The van der Waals surface area contributed by atoms with E-state index >= 15 is 0 Å². The summed E-state index contributed by atoms with van der Waals surface area (Å²) in [5.41, 5.74) is 1.96. The van der Waals surface area contributed by atoms with Crippen molar-refractivity contribution in [3.63, 3.8) is 0 Å². The van der Waals surface area contributed by atoms with Gasteiger partial charge in [0.15, 0.2) is 5.76 Å². The molecular weight excluding hydrogens is 384 g/mol. The fourth-order valence-electron chi connectivity index (χ4n) is 3.48. The van der Waals surface area contributed by atoms with Gasteiger partial charge in [0.2, 0.25) is 5.91 Å². The number of carbonyl (C=O) groups is 3. The third-order valence-corrected chi connectivity index (χ3v) is 5.45. The molecule has 2 aromatic rings. The summed E-state index contributed by atoms with van der Waals surface area (Å²) in [7, 11) is 0. The molecule has 2 fully saturated rings. The second-order valence-corrected chi connectivity index (χ2v) is 7.87. The first-order valence-corrected chi connectivity index (χ1v) is 10.3. The Labute approximate surface area is 175 Å². The van der Waals surface area contributed by atoms with E-state index < -0.39 is 0 Å². The maximum Gasteiger partial charge on any atom is 0.291 e. The van der Waals surface area contributed by atoms with Gasteiger partial charge in [-0.15, -0.1) is 0 Å². The van der Waals surface area contributed by atoms with Crippen LogP contribution in [0.25, 0.3) is 0 Å². The molecule has 8 heteroatoms. The molecule has 0 unspecified atom stereocenters. The number of rotatable bonds is 6. The average molecular weight is 410 g/mol. The Hall–Kier alpha value is -3.13. The van der Waals surface area contributed by atoms with Crippen molar-refractivity contribution in [2.45, 2.75) is 25.8 Å². The van der Waals surface area contributed by atoms with Gasteiger partial charge in [-0.1, -0.05) is 6.07 Å². The third kappa shape index (κ3) is 4.88. The molecule has 2 heterocycles. The summed E-state index contributed by atoms with van der Waals surface area (Å²) in [6.07, 6.45) is 3.60. The van der Waals surface area contributed by atoms with Gasteiger partial charge >= 0.3 is 0 Å². The number of nitrogens with zero attached hydrogens (tertiary/aromatic N) is 2. The lowest BCUT2D eigenvalue weighted by atomic mass is 10.1. The van der Waals surface area contributed by atoms with Gasteiger partial charge in [-0.3, -0.25) is 19.3 Å². The van der Waals surface area contributed by atoms with Crippen LogP contribution in [0.15, 0.2) is 41.0 Å². The second kappa shape index (κ2) is 8.71. The molecule has 2 N–H and O–H groups in total. The number of carbonyl (C=O) groups excluding carboxylic acids is 3. The molecule has 30 heavy (non-hydrogen) atoms. The lowest BCUT2D eigenvalue weighted by molar-refractivity contribution is -0.122. The highest BCUT2D eigenvalue weighted by molar-refractivity contribution is 6.04. The number of nitrogens with one attached hydrogen (secondary N) is 2. The minimum atomic E-state index is -0.356. The standard InChI is InChI=1S/C22H26N4O4/c1-15-4-5-16(13-18(15)24-21(28)19-3-2-12-30-19)22(29)26-10-8-25(9-11-26)14-20(27)23-17-6-7-17/h2-5,12-13,17H,6-11,14H2,1H3,(H,23,27)(H,24,28). The zero-order chi connectivity index (χ0) is 21.1. The number of hydrogen-bond donors (Lipinski definition) is 2. The van der Waals surface area contributed by atoms with Crippen LogP contribution in [0.5, 0.6) is 0 Å². The molecule has 158 valence electrons. The van der Waals surface area contributed by atoms with Crippen LogP contribution in [0.2, 0.25) is 0 Å². The summed E-state index contributed by atoms with van der Waals surface area (Å²) in [6, 6.07) is 8.90. The van der Waals surface area contributed by atoms with Crippen LogP contribution in [0, 0.1) is 6.92 Å². The van der Waals surface area contributed by atoms with E-state index in [1.165, 1.54) is 6.26 Å². The van der Waals surface area contributed by atoms with Gasteiger partial charge in [0.05, 0.1) is 12.8 Å². The third-order valence-electron chi connectivity index (χ3n) is 5.45. The van der Waals surface area contributed by atoms with Crippen LogP contribution in [-0.2, 0) is 4.79 Å². The Morgan fingerprint density at radius 2 is 1.87 bits per heavy atom. The number of benzene rings is 1. The smallest absolute Gasteiger partial charge is 0.291 e. The van der Waals surface area contributed by atoms with Crippen LogP contribution in [0.1, 0.15) is 39.3 Å². The lowest BCUT2D eigenvalue weighted by Crippen LogP contribution is -2.51. The number of piperazine rings is 1. The van der Waals surface area contributed by atoms with Crippen molar-refractivity contribution < 1.29 is 18.8 Å². The molecule has 1 aromatic heterocycles. The van der Waals surface area contributed by atoms with Gasteiger partial charge in [-0.05, 0) is 49.6 Å². The van der Waals surface area contributed by atoms with Crippen molar-refractivity contribution >= 4 is 23.4 Å². The van der Waals surface area contributed by atoms with Crippen LogP contribution in [0.3, 0.4) is 0 Å². The molecule has 0 spiro atoms. The number of amides is 3. The Kier molecular flexibility index (Phi) is 5.85. The Bertz CT molecular complexity index is 929. The second-order valence-electron chi connectivity index (χ2n) is 7.87. The summed E-state index contributed by atoms with van der Waals surface area (Å²) < 4.78 is 5.12. The number of hydrogen-bond acceptors (Lipinski definition) is 5. The molecule has 1 aliphatic heterocycles. The monoisotopic (exact) mass is 410 g/mol. The molecule has 2 aliphatic rings. The molecule has 1 saturated heterocycles. The van der Waals surface area contributed by atoms with Crippen molar-refractivity contribution in [2.24, 2.45) is 0 Å². The normalized spacial score (nSPS) is 16.9. The van der Waals surface area contributed by atoms with Crippen LogP contribution in [0.4, 0.5) is 5.69 Å². The quantitative estimate of drug-likeness (QED) is 0.758. The van der Waals surface area contributed by atoms with Crippen molar-refractivity contribution in [3.05, 3.63) is 53.5 Å². The first kappa shape index (κ1) is 20.2. The number of anilines is 1. The van der Waals surface area contributed by atoms with E-state index in [1.54, 1.807) is 29.2 Å². The predicted molar refractivity (Wildman–Crippen MR) is 111 cm³/mol. The van der Waals surface area contributed by atoms with Gasteiger partial charge in [0, 0.05) is 43.5 Å². The van der Waals surface area contributed by atoms with Gasteiger partial charge < -0.3 is 20.0 Å². The first-order valence-electron chi connectivity index (χ1n) is 10.3. The topological polar surface area (TPSA) is 94.9 Å². The summed E-state index contributed by atoms with van der Waals surface area (Å²) in [6.45, 7) is 4.72. The molecule has 1 aliphatic carbocycles. The SMILES string of the molecule is Cc1ccc(C(=O)N2CCN(CC(=O)NC3CC3)CC2)cc1NC(=O)c1ccco1. The summed E-state index contributed by atoms with van der Waals surface area (Å²) in [4.78, 5) is 41.1. The van der Waals surface area contributed by atoms with Gasteiger partial charge in [-0.25, -0.2) is 0 Å². The van der Waals surface area contributed by atoms with Gasteiger partial charge in [0.1, 0.15) is 0 Å². The Morgan fingerprint density at radius 3 is 2.53 bits per heavy atom. The van der Waals surface area contributed by atoms with Crippen molar-refractivity contribution in [2.75, 3.05) is 38.0 Å². The van der Waals surface area contributed by atoms with E-state index in [4.69, 9.17) is 4.42 Å². The first-order chi connectivity index (χ1) is 14.5. The highest BCUT2D eigenvalue weighted by Gasteiger charge is 2.27. The molecule has 0 radical (unpaired) electrons. The van der Waals surface area contributed by atoms with E-state index in [2.05, 4.69) is 15.5 Å². The van der Waals surface area contributed by atoms with E-state index in [0.717, 1.165) is 18.4 Å². The van der Waals surface area contributed by atoms with Crippen molar-refractivity contribution in [1.29, 1.82) is 0 Å². The minimum absolute atomic E-state index is 0.0627. The summed E-state index contributed by atoms with van der Waals surface area (Å²) in [5.74, 6) is -0.155. The van der Waals surface area contributed by atoms with E-state index in [0.29, 0.717) is 50.0 Å². The Balaban J connectivity index is 1.34. The molecule has 1 saturated carbocycles. The molecule has 8 nitrogen and oxygen atoms in total. The van der Waals surface area contributed by atoms with Crippen LogP contribution >= 0.6 is 0 Å². The number of furan rings is 1. The molecule has 4 rings (SSSR count). The predicted octanol–water partition coefficient (Wildman–Crippen LogP) is 1.88. The zero-order valence-electron chi connectivity index (χ0n) is 17.0. The van der Waals surface area contributed by atoms with Crippen LogP contribution in [-0.4, -0.2) is 66.3 Å². The largest absolute Gasteiger partial charge is 0.459 e. The summed E-state index contributed by atoms with van der Waals surface area (Å²) in [5, 5.41) is 5.80. The van der Waals surface area contributed by atoms with Crippen molar-refractivity contribution in [1.82, 2.24) is 15.1 Å². The summed E-state index contributed by atoms with van der Waals surface area (Å²) >= 11 is 0. The van der Waals surface area contributed by atoms with E-state index in [9.17, 15) is 14.4 Å². The fraction of sp³-hybridized carbons (Fsp3) is 0.409. The van der Waals surface area contributed by atoms with E-state index in [-0.39, 0.29) is 23.5 Å². The highest BCUT2D eigenvalue weighted by Crippen LogP contribution is 2.20. The van der Waals surface area contributed by atoms with E-state index in [1.807, 2.05) is 13.0 Å². The number of aryl methyl sites for hydroxylation is 1. The lowest BCUT2D eigenvalue weighted by Gasteiger charge is -2.34. The zero-order valence-corrected chi connectivity index (χ0v) is 17.0. The van der Waals surface area contributed by atoms with Crippen molar-refractivity contribution in [3.8, 4) is 0 Å². The molecule has 3 amide bonds. The average Bonchev–Trinajstić information content (AvgIpc) is 3.37. The highest BCUT2D eigenvalue weighted by atomic mass is 16.3. The maximum absolute atomic E-state index is 13.0. The molecule has 0 atom stereocenters. The van der Waals surface area contributed by atoms with Crippen LogP contribution < -0.4 is 10.6 Å². The maximum atomic E-state index is 13.0. The van der Waals surface area contributed by atoms with Gasteiger partial charge in [-0.2, -0.15) is 0 Å². The molecule has 1 aromatic carbocycles. The Morgan fingerprint density at radius 1 is 1.10 bits per heavy atom. The van der Waals surface area contributed by atoms with Gasteiger partial charge in [0.25, 0.3) is 11.8 Å². The minimum Gasteiger partial charge on any atom is -0.459 e. The molecule has 0 bridgehead atoms. The molecular formula is C22H26N4O4.